The van der Waals surface area contributed by atoms with Crippen LogP contribution in [0.3, 0.4) is 0 Å². The van der Waals surface area contributed by atoms with Gasteiger partial charge in [0.2, 0.25) is 0 Å². The highest BCUT2D eigenvalue weighted by molar-refractivity contribution is 7.16. The molecular formula is C28H29NO3S. The summed E-state index contributed by atoms with van der Waals surface area (Å²) in [6.45, 7) is 3.95. The van der Waals surface area contributed by atoms with Crippen molar-refractivity contribution in [3.8, 4) is 21.9 Å². The number of aryl methyl sites for hydroxylation is 1. The first-order valence-electron chi connectivity index (χ1n) is 11.8. The Hall–Kier alpha value is -2.89. The quantitative estimate of drug-likeness (QED) is 0.429. The number of piperidine rings is 1. The number of hydrogen-bond donors (Lipinski definition) is 1. The van der Waals surface area contributed by atoms with Crippen molar-refractivity contribution in [1.82, 2.24) is 4.90 Å². The highest BCUT2D eigenvalue weighted by Gasteiger charge is 2.25. The molecule has 2 heterocycles. The van der Waals surface area contributed by atoms with Gasteiger partial charge in [-0.1, -0.05) is 18.6 Å². The smallest absolute Gasteiger partial charge is 0.195 e. The number of hydrogen-bond acceptors (Lipinski definition) is 5. The molecule has 0 unspecified atom stereocenters. The first-order chi connectivity index (χ1) is 16.2. The van der Waals surface area contributed by atoms with Crippen molar-refractivity contribution in [2.45, 2.75) is 32.1 Å². The zero-order valence-electron chi connectivity index (χ0n) is 18.8. The highest BCUT2D eigenvalue weighted by atomic mass is 32.1. The number of phenolic OH excluding ortho intramolecular Hbond substituents is 1. The number of nitrogens with zero attached hydrogens (tertiary/aromatic N) is 1. The summed E-state index contributed by atoms with van der Waals surface area (Å²) in [5, 5.41) is 9.69. The van der Waals surface area contributed by atoms with Crippen molar-refractivity contribution < 1.29 is 14.6 Å². The van der Waals surface area contributed by atoms with E-state index in [0.717, 1.165) is 46.7 Å². The van der Waals surface area contributed by atoms with Gasteiger partial charge in [0.1, 0.15) is 18.1 Å². The number of carbonyl (C=O) groups is 1. The van der Waals surface area contributed by atoms with E-state index in [4.69, 9.17) is 4.74 Å². The van der Waals surface area contributed by atoms with Crippen LogP contribution in [0.2, 0.25) is 0 Å². The van der Waals surface area contributed by atoms with Crippen LogP contribution in [0.25, 0.3) is 16.5 Å². The molecular weight excluding hydrogens is 430 g/mol. The molecule has 0 radical (unpaired) electrons. The molecule has 1 saturated heterocycles. The van der Waals surface area contributed by atoms with Gasteiger partial charge >= 0.3 is 0 Å². The average molecular weight is 460 g/mol. The Morgan fingerprint density at radius 1 is 1.00 bits per heavy atom. The van der Waals surface area contributed by atoms with Crippen LogP contribution in [0.15, 0.2) is 54.6 Å². The van der Waals surface area contributed by atoms with Gasteiger partial charge in [-0.05, 0) is 98.4 Å². The fraction of sp³-hybridized carbons (Fsp3) is 0.321. The van der Waals surface area contributed by atoms with E-state index in [9.17, 15) is 9.90 Å². The lowest BCUT2D eigenvalue weighted by Crippen LogP contribution is -2.33. The van der Waals surface area contributed by atoms with E-state index in [2.05, 4.69) is 17.1 Å². The molecule has 0 spiro atoms. The molecule has 3 aromatic rings. The number of allylic oxidation sites excluding steroid dienone is 1. The first kappa shape index (κ1) is 21.9. The summed E-state index contributed by atoms with van der Waals surface area (Å²) in [6, 6.07) is 14.7. The van der Waals surface area contributed by atoms with Crippen molar-refractivity contribution in [2.75, 3.05) is 26.2 Å². The molecule has 170 valence electrons. The van der Waals surface area contributed by atoms with Crippen LogP contribution in [-0.4, -0.2) is 42.0 Å². The first-order valence-corrected chi connectivity index (χ1v) is 12.6. The van der Waals surface area contributed by atoms with Crippen molar-refractivity contribution >= 4 is 23.2 Å². The van der Waals surface area contributed by atoms with E-state index in [1.807, 2.05) is 36.4 Å². The minimum Gasteiger partial charge on any atom is -0.508 e. The van der Waals surface area contributed by atoms with Crippen LogP contribution in [0.4, 0.5) is 0 Å². The number of benzene rings is 2. The third-order valence-corrected chi connectivity index (χ3v) is 7.76. The minimum atomic E-state index is 0.0296. The average Bonchev–Trinajstić information content (AvgIpc) is 3.25. The molecule has 1 aromatic heterocycles. The molecule has 1 aliphatic carbocycles. The van der Waals surface area contributed by atoms with Gasteiger partial charge in [0.15, 0.2) is 5.78 Å². The Morgan fingerprint density at radius 3 is 2.52 bits per heavy atom. The van der Waals surface area contributed by atoms with Crippen molar-refractivity contribution in [3.63, 3.8) is 0 Å². The van der Waals surface area contributed by atoms with Gasteiger partial charge in [-0.25, -0.2) is 0 Å². The number of ketones is 1. The lowest BCUT2D eigenvalue weighted by atomic mass is 9.93. The maximum absolute atomic E-state index is 13.6. The van der Waals surface area contributed by atoms with E-state index >= 15 is 0 Å². The van der Waals surface area contributed by atoms with E-state index in [0.29, 0.717) is 12.2 Å². The predicted octanol–water partition coefficient (Wildman–Crippen LogP) is 6.18. The fourth-order valence-electron chi connectivity index (χ4n) is 4.63. The number of thiophene rings is 1. The Morgan fingerprint density at radius 2 is 1.76 bits per heavy atom. The summed E-state index contributed by atoms with van der Waals surface area (Å²) in [6.07, 6.45) is 10.1. The summed E-state index contributed by atoms with van der Waals surface area (Å²) in [5.41, 5.74) is 3.43. The normalized spacial score (nSPS) is 15.9. The number of ether oxygens (including phenoxy) is 1. The second kappa shape index (κ2) is 9.94. The molecule has 0 saturated carbocycles. The minimum absolute atomic E-state index is 0.0296. The van der Waals surface area contributed by atoms with Crippen LogP contribution in [0.1, 0.15) is 52.0 Å². The summed E-state index contributed by atoms with van der Waals surface area (Å²) < 4.78 is 5.94. The topological polar surface area (TPSA) is 49.8 Å². The molecule has 33 heavy (non-hydrogen) atoms. The Kier molecular flexibility index (Phi) is 6.60. The standard InChI is InChI=1S/C28H29NO3S/c30-22-12-8-21(9-13-22)28-26(24-6-2-3-7-25(24)33-28)27(31)20-10-14-23(15-11-20)32-19-18-29-16-4-1-5-17-29/h2,6,8-15,30H,1,3-5,7,16-19H2. The summed E-state index contributed by atoms with van der Waals surface area (Å²) in [4.78, 5) is 18.3. The van der Waals surface area contributed by atoms with Gasteiger partial charge in [0.25, 0.3) is 0 Å². The Labute approximate surface area is 199 Å². The van der Waals surface area contributed by atoms with Crippen LogP contribution >= 0.6 is 11.3 Å². The number of carbonyl (C=O) groups excluding carboxylic acids is 1. The van der Waals surface area contributed by atoms with Gasteiger partial charge < -0.3 is 9.84 Å². The lowest BCUT2D eigenvalue weighted by molar-refractivity contribution is 0.103. The van der Waals surface area contributed by atoms with E-state index in [-0.39, 0.29) is 11.5 Å². The van der Waals surface area contributed by atoms with Gasteiger partial charge in [0, 0.05) is 27.4 Å². The maximum atomic E-state index is 13.6. The number of rotatable bonds is 7. The lowest BCUT2D eigenvalue weighted by Gasteiger charge is -2.26. The van der Waals surface area contributed by atoms with Crippen LogP contribution in [-0.2, 0) is 6.42 Å². The number of aromatic hydroxyl groups is 1. The largest absolute Gasteiger partial charge is 0.508 e. The highest BCUT2D eigenvalue weighted by Crippen LogP contribution is 2.41. The van der Waals surface area contributed by atoms with Gasteiger partial charge in [-0.15, -0.1) is 11.3 Å². The maximum Gasteiger partial charge on any atom is 0.195 e. The molecule has 1 aliphatic heterocycles. The summed E-state index contributed by atoms with van der Waals surface area (Å²) in [5.74, 6) is 1.06. The van der Waals surface area contributed by atoms with Crippen molar-refractivity contribution in [2.24, 2.45) is 0 Å². The molecule has 2 aromatic carbocycles. The zero-order chi connectivity index (χ0) is 22.6. The van der Waals surface area contributed by atoms with Crippen LogP contribution in [0, 0.1) is 0 Å². The van der Waals surface area contributed by atoms with E-state index < -0.39 is 0 Å². The molecule has 1 N–H and O–H groups in total. The fourth-order valence-corrected chi connectivity index (χ4v) is 5.94. The molecule has 5 heteroatoms. The molecule has 1 fully saturated rings. The molecule has 0 amide bonds. The van der Waals surface area contributed by atoms with Gasteiger partial charge in [-0.3, -0.25) is 9.69 Å². The SMILES string of the molecule is O=C(c1ccc(OCCN2CCCCC2)cc1)c1c(-c2ccc(O)cc2)sc2c1C=CCC2. The number of phenols is 1. The van der Waals surface area contributed by atoms with Crippen LogP contribution in [0.5, 0.6) is 11.5 Å². The van der Waals surface area contributed by atoms with Crippen molar-refractivity contribution in [3.05, 3.63) is 76.2 Å². The third-order valence-electron chi connectivity index (χ3n) is 6.44. The monoisotopic (exact) mass is 459 g/mol. The molecule has 0 bridgehead atoms. The van der Waals surface area contributed by atoms with Gasteiger partial charge in [0.05, 0.1) is 0 Å². The van der Waals surface area contributed by atoms with E-state index in [1.54, 1.807) is 23.5 Å². The molecule has 5 rings (SSSR count). The molecule has 0 atom stereocenters. The Balaban J connectivity index is 1.35. The predicted molar refractivity (Wildman–Crippen MR) is 134 cm³/mol. The third kappa shape index (κ3) is 4.90. The zero-order valence-corrected chi connectivity index (χ0v) is 19.6. The Bertz CT molecular complexity index is 1140. The second-order valence-corrected chi connectivity index (χ2v) is 9.84. The number of fused-ring (bicyclic) bond motifs is 1. The van der Waals surface area contributed by atoms with Crippen LogP contribution < -0.4 is 4.74 Å². The van der Waals surface area contributed by atoms with Crippen molar-refractivity contribution in [1.29, 1.82) is 0 Å². The van der Waals surface area contributed by atoms with Gasteiger partial charge in [-0.2, -0.15) is 0 Å². The molecule has 4 nitrogen and oxygen atoms in total. The van der Waals surface area contributed by atoms with E-state index in [1.165, 1.54) is 37.2 Å². The second-order valence-electron chi connectivity index (χ2n) is 8.74. The summed E-state index contributed by atoms with van der Waals surface area (Å²) >= 11 is 1.69. The number of likely N-dealkylation sites (tertiary alicyclic amines) is 1. The summed E-state index contributed by atoms with van der Waals surface area (Å²) in [7, 11) is 0. The molecule has 2 aliphatic rings.